The number of aliphatic hydroxyl groups is 2. The van der Waals surface area contributed by atoms with Crippen LogP contribution in [-0.2, 0) is 14.4 Å². The molecule has 3 fully saturated rings. The van der Waals surface area contributed by atoms with Gasteiger partial charge < -0.3 is 15.0 Å². The van der Waals surface area contributed by atoms with E-state index in [4.69, 9.17) is 0 Å². The molecule has 0 unspecified atom stereocenters. The molecule has 0 aromatic heterocycles. The molecule has 0 bridgehead atoms. The summed E-state index contributed by atoms with van der Waals surface area (Å²) in [7, 11) is 0. The van der Waals surface area contributed by atoms with Crippen molar-refractivity contribution in [1.29, 1.82) is 0 Å². The molecule has 4 rings (SSSR count). The molecular formula is C21H28O5. The standard InChI is InChI=1S/C21H28O5/c1-20-7-6-13(24)8-12(20)2-3-14-15-4-5-16(18(26)10-22)21(15,11-23)9-17(25)19(14)20/h8,11,14-17,19,22,25H,2-7,9-10H2,1H3/t14-,15-,16+,17-,19+,20+,21-/m1/s1. The fraction of sp³-hybridized carbons (Fsp3) is 0.762. The number of hydrogen-bond donors (Lipinski definition) is 2. The van der Waals surface area contributed by atoms with Gasteiger partial charge in [-0.1, -0.05) is 12.5 Å². The quantitative estimate of drug-likeness (QED) is 0.750. The first-order valence-corrected chi connectivity index (χ1v) is 9.89. The van der Waals surface area contributed by atoms with Gasteiger partial charge in [-0.3, -0.25) is 9.59 Å². The van der Waals surface area contributed by atoms with Crippen LogP contribution in [0, 0.1) is 34.5 Å². The Morgan fingerprint density at radius 1 is 1.31 bits per heavy atom. The van der Waals surface area contributed by atoms with E-state index in [1.54, 1.807) is 6.08 Å². The van der Waals surface area contributed by atoms with Gasteiger partial charge in [0.1, 0.15) is 12.9 Å². The Morgan fingerprint density at radius 3 is 2.77 bits per heavy atom. The van der Waals surface area contributed by atoms with E-state index in [2.05, 4.69) is 6.92 Å². The van der Waals surface area contributed by atoms with Crippen LogP contribution in [0.4, 0.5) is 0 Å². The Morgan fingerprint density at radius 2 is 2.08 bits per heavy atom. The number of carbonyl (C=O) groups is 3. The molecule has 0 aromatic carbocycles. The van der Waals surface area contributed by atoms with E-state index in [1.165, 1.54) is 0 Å². The molecule has 0 radical (unpaired) electrons. The van der Waals surface area contributed by atoms with Crippen molar-refractivity contribution in [3.05, 3.63) is 11.6 Å². The summed E-state index contributed by atoms with van der Waals surface area (Å²) in [5.74, 6) is -0.241. The summed E-state index contributed by atoms with van der Waals surface area (Å²) in [6.45, 7) is 1.63. The Labute approximate surface area is 153 Å². The molecule has 4 aliphatic carbocycles. The van der Waals surface area contributed by atoms with Crippen LogP contribution in [-0.4, -0.2) is 40.8 Å². The summed E-state index contributed by atoms with van der Waals surface area (Å²) in [6.07, 6.45) is 6.75. The summed E-state index contributed by atoms with van der Waals surface area (Å²) in [5, 5.41) is 20.5. The Bertz CT molecular complexity index is 682. The first-order chi connectivity index (χ1) is 12.4. The van der Waals surface area contributed by atoms with Crippen LogP contribution in [0.5, 0.6) is 0 Å². The van der Waals surface area contributed by atoms with Crippen molar-refractivity contribution in [2.75, 3.05) is 6.61 Å². The van der Waals surface area contributed by atoms with Crippen molar-refractivity contribution in [2.45, 2.75) is 58.0 Å². The normalized spacial score (nSPS) is 47.4. The molecular weight excluding hydrogens is 332 g/mol. The second-order valence-electron chi connectivity index (χ2n) is 9.14. The van der Waals surface area contributed by atoms with Crippen molar-refractivity contribution < 1.29 is 24.6 Å². The number of Topliss-reactive ketones (excluding diaryl/α,β-unsaturated/α-hetero) is 1. The van der Waals surface area contributed by atoms with E-state index < -0.39 is 24.0 Å². The smallest absolute Gasteiger partial charge is 0.162 e. The first kappa shape index (κ1) is 18.1. The third-order valence-corrected chi connectivity index (χ3v) is 8.27. The third kappa shape index (κ3) is 2.26. The van der Waals surface area contributed by atoms with Gasteiger partial charge in [-0.05, 0) is 67.8 Å². The van der Waals surface area contributed by atoms with E-state index in [1.807, 2.05) is 0 Å². The van der Waals surface area contributed by atoms with E-state index in [-0.39, 0.29) is 34.7 Å². The average molecular weight is 360 g/mol. The molecule has 142 valence electrons. The molecule has 0 heterocycles. The number of fused-ring (bicyclic) bond motifs is 5. The predicted octanol–water partition coefficient (Wildman–Crippen LogP) is 1.85. The van der Waals surface area contributed by atoms with Crippen molar-refractivity contribution in [2.24, 2.45) is 34.5 Å². The van der Waals surface area contributed by atoms with Gasteiger partial charge in [0.25, 0.3) is 0 Å². The molecule has 26 heavy (non-hydrogen) atoms. The largest absolute Gasteiger partial charge is 0.393 e. The molecule has 0 amide bonds. The highest BCUT2D eigenvalue weighted by atomic mass is 16.3. The molecule has 0 saturated heterocycles. The summed E-state index contributed by atoms with van der Waals surface area (Å²) < 4.78 is 0. The highest BCUT2D eigenvalue weighted by Gasteiger charge is 2.64. The third-order valence-electron chi connectivity index (χ3n) is 8.27. The van der Waals surface area contributed by atoms with E-state index in [0.717, 1.165) is 37.5 Å². The second kappa shape index (κ2) is 6.10. The topological polar surface area (TPSA) is 91.7 Å². The number of ketones is 2. The fourth-order valence-corrected chi connectivity index (χ4v) is 7.18. The molecule has 0 aromatic rings. The molecule has 0 aliphatic heterocycles. The summed E-state index contributed by atoms with van der Waals surface area (Å²) >= 11 is 0. The molecule has 7 atom stereocenters. The molecule has 2 N–H and O–H groups in total. The van der Waals surface area contributed by atoms with Gasteiger partial charge in [0.05, 0.1) is 6.10 Å². The second-order valence-corrected chi connectivity index (χ2v) is 9.14. The van der Waals surface area contributed by atoms with Crippen molar-refractivity contribution >= 4 is 17.9 Å². The maximum atomic E-state index is 12.3. The average Bonchev–Trinajstić information content (AvgIpc) is 3.00. The Balaban J connectivity index is 1.74. The number of aldehydes is 1. The number of hydrogen-bond acceptors (Lipinski definition) is 5. The van der Waals surface area contributed by atoms with Gasteiger partial charge in [0, 0.05) is 17.8 Å². The van der Waals surface area contributed by atoms with Crippen LogP contribution in [0.1, 0.15) is 51.9 Å². The number of rotatable bonds is 3. The number of carbonyl (C=O) groups excluding carboxylic acids is 3. The van der Waals surface area contributed by atoms with Crippen LogP contribution in [0.2, 0.25) is 0 Å². The van der Waals surface area contributed by atoms with Gasteiger partial charge in [0.15, 0.2) is 11.6 Å². The van der Waals surface area contributed by atoms with Crippen LogP contribution >= 0.6 is 0 Å². The minimum Gasteiger partial charge on any atom is -0.393 e. The van der Waals surface area contributed by atoms with Crippen LogP contribution in [0.3, 0.4) is 0 Å². The zero-order valence-electron chi connectivity index (χ0n) is 15.3. The van der Waals surface area contributed by atoms with Gasteiger partial charge >= 0.3 is 0 Å². The lowest BCUT2D eigenvalue weighted by atomic mass is 9.45. The Hall–Kier alpha value is -1.33. The van der Waals surface area contributed by atoms with Gasteiger partial charge in [-0.15, -0.1) is 0 Å². The van der Waals surface area contributed by atoms with Crippen LogP contribution < -0.4 is 0 Å². The Kier molecular flexibility index (Phi) is 4.23. The summed E-state index contributed by atoms with van der Waals surface area (Å²) in [5.41, 5.74) is 0.140. The van der Waals surface area contributed by atoms with Crippen LogP contribution in [0.15, 0.2) is 11.6 Å². The highest BCUT2D eigenvalue weighted by molar-refractivity contribution is 5.91. The lowest BCUT2D eigenvalue weighted by Gasteiger charge is -2.59. The first-order valence-electron chi connectivity index (χ1n) is 9.89. The monoisotopic (exact) mass is 360 g/mol. The van der Waals surface area contributed by atoms with Gasteiger partial charge in [-0.2, -0.15) is 0 Å². The maximum absolute atomic E-state index is 12.3. The molecule has 4 aliphatic rings. The van der Waals surface area contributed by atoms with E-state index in [0.29, 0.717) is 19.3 Å². The maximum Gasteiger partial charge on any atom is 0.162 e. The highest BCUT2D eigenvalue weighted by Crippen LogP contribution is 2.66. The van der Waals surface area contributed by atoms with Crippen molar-refractivity contribution in [3.63, 3.8) is 0 Å². The zero-order valence-corrected chi connectivity index (χ0v) is 15.3. The van der Waals surface area contributed by atoms with E-state index >= 15 is 0 Å². The molecule has 0 spiro atoms. The van der Waals surface area contributed by atoms with Crippen molar-refractivity contribution in [3.8, 4) is 0 Å². The minimum absolute atomic E-state index is 0.0386. The summed E-state index contributed by atoms with van der Waals surface area (Å²) in [4.78, 5) is 36.4. The lowest BCUT2D eigenvalue weighted by Crippen LogP contribution is -2.58. The minimum atomic E-state index is -0.831. The number of allylic oxidation sites excluding steroid dienone is 1. The number of aliphatic hydroxyl groups excluding tert-OH is 2. The van der Waals surface area contributed by atoms with E-state index in [9.17, 15) is 24.6 Å². The zero-order chi connectivity index (χ0) is 18.7. The fourth-order valence-electron chi connectivity index (χ4n) is 7.18. The SMILES string of the molecule is C[C@]12CCC(=O)C=C1CC[C@H]1[C@H]2[C@H](O)C[C@@]2(C=O)[C@@H]1CC[C@H]2C(=O)CO. The van der Waals surface area contributed by atoms with Gasteiger partial charge in [-0.25, -0.2) is 0 Å². The van der Waals surface area contributed by atoms with Gasteiger partial charge in [0.2, 0.25) is 0 Å². The molecule has 5 heteroatoms. The molecule has 5 nitrogen and oxygen atoms in total. The predicted molar refractivity (Wildman–Crippen MR) is 94.1 cm³/mol. The van der Waals surface area contributed by atoms with Crippen molar-refractivity contribution in [1.82, 2.24) is 0 Å². The van der Waals surface area contributed by atoms with Crippen LogP contribution in [0.25, 0.3) is 0 Å². The lowest BCUT2D eigenvalue weighted by molar-refractivity contribution is -0.157. The molecule has 3 saturated carbocycles. The summed E-state index contributed by atoms with van der Waals surface area (Å²) in [6, 6.07) is 0.